The average molecular weight is 493 g/mol. The Balaban J connectivity index is 1.14. The molecule has 1 N–H and O–H groups in total. The van der Waals surface area contributed by atoms with Crippen molar-refractivity contribution in [1.29, 1.82) is 0 Å². The number of nitrogens with zero attached hydrogens (tertiary/aromatic N) is 3. The quantitative estimate of drug-likeness (QED) is 0.505. The molecule has 4 fully saturated rings. The summed E-state index contributed by atoms with van der Waals surface area (Å²) in [5.74, 6) is 1.46. The molecule has 5 aliphatic rings. The van der Waals surface area contributed by atoms with E-state index in [-0.39, 0.29) is 30.8 Å². The lowest BCUT2D eigenvalue weighted by molar-refractivity contribution is -0.139. The second-order valence-electron chi connectivity index (χ2n) is 11.1. The van der Waals surface area contributed by atoms with Gasteiger partial charge in [-0.25, -0.2) is 4.79 Å². The number of benzene rings is 1. The Kier molecular flexibility index (Phi) is 6.23. The van der Waals surface area contributed by atoms with E-state index in [0.29, 0.717) is 17.9 Å². The Morgan fingerprint density at radius 2 is 1.94 bits per heavy atom. The van der Waals surface area contributed by atoms with Crippen molar-refractivity contribution in [2.75, 3.05) is 26.7 Å². The number of rotatable bonds is 5. The molecule has 8 nitrogen and oxygen atoms in total. The lowest BCUT2D eigenvalue weighted by Gasteiger charge is -2.54. The van der Waals surface area contributed by atoms with Crippen LogP contribution in [0.5, 0.6) is 5.75 Å². The molecule has 5 atom stereocenters. The minimum Gasteiger partial charge on any atom is -0.497 e. The fraction of sp³-hybridized carbons (Fsp3) is 0.607. The molecular formula is C28H36N4O4. The minimum atomic E-state index is -0.799. The van der Waals surface area contributed by atoms with Gasteiger partial charge in [0.05, 0.1) is 26.1 Å². The van der Waals surface area contributed by atoms with E-state index < -0.39 is 12.1 Å². The Morgan fingerprint density at radius 1 is 1.11 bits per heavy atom. The van der Waals surface area contributed by atoms with Crippen molar-refractivity contribution in [2.24, 2.45) is 11.8 Å². The maximum absolute atomic E-state index is 13.6. The zero-order valence-electron chi connectivity index (χ0n) is 21.0. The number of ether oxygens (including phenoxy) is 1. The smallest absolute Gasteiger partial charge is 0.325 e. The number of piperidine rings is 3. The molecule has 0 radical (unpaired) electrons. The number of likely N-dealkylation sites (tertiary alicyclic amines) is 1. The third-order valence-corrected chi connectivity index (χ3v) is 8.96. The molecule has 4 aliphatic heterocycles. The van der Waals surface area contributed by atoms with Crippen LogP contribution in [0.2, 0.25) is 0 Å². The number of imide groups is 1. The highest BCUT2D eigenvalue weighted by Gasteiger charge is 2.48. The number of fused-ring (bicyclic) bond motifs is 6. The first-order valence-electron chi connectivity index (χ1n) is 13.5. The summed E-state index contributed by atoms with van der Waals surface area (Å²) in [7, 11) is 1.60. The standard InChI is InChI=1S/C28H36N4O4/c1-36-22-9-7-18(8-10-22)16-32-27(34)23(29-28(32)35)15-25(33)31-12-4-5-19-13-20-14-21(26(19)31)17-30-11-3-2-6-24(20)30/h7-10,13,20-21,23-24,26H,2-6,11-12,14-17H2,1H3,(H,29,35)/t20-,21-,23+,24-,26+/m0/s1. The summed E-state index contributed by atoms with van der Waals surface area (Å²) in [6.07, 6.45) is 9.63. The van der Waals surface area contributed by atoms with E-state index in [0.717, 1.165) is 43.7 Å². The zero-order valence-corrected chi connectivity index (χ0v) is 21.0. The van der Waals surface area contributed by atoms with E-state index in [2.05, 4.69) is 16.3 Å². The van der Waals surface area contributed by atoms with Gasteiger partial charge in [-0.15, -0.1) is 0 Å². The highest BCUT2D eigenvalue weighted by atomic mass is 16.5. The van der Waals surface area contributed by atoms with Crippen molar-refractivity contribution in [3.63, 3.8) is 0 Å². The Hall–Kier alpha value is -2.87. The molecule has 1 aliphatic carbocycles. The number of urea groups is 1. The maximum Gasteiger partial charge on any atom is 0.325 e. The highest BCUT2D eigenvalue weighted by molar-refractivity contribution is 6.05. The molecule has 2 bridgehead atoms. The van der Waals surface area contributed by atoms with Crippen LogP contribution in [0.1, 0.15) is 50.5 Å². The van der Waals surface area contributed by atoms with Crippen LogP contribution in [-0.4, -0.2) is 77.4 Å². The van der Waals surface area contributed by atoms with Crippen LogP contribution < -0.4 is 10.1 Å². The predicted octanol–water partition coefficient (Wildman–Crippen LogP) is 2.93. The lowest BCUT2D eigenvalue weighted by Crippen LogP contribution is -2.60. The Bertz CT molecular complexity index is 1070. The van der Waals surface area contributed by atoms with Gasteiger partial charge in [0.25, 0.3) is 5.91 Å². The minimum absolute atomic E-state index is 0.0187. The van der Waals surface area contributed by atoms with Gasteiger partial charge in [-0.05, 0) is 68.2 Å². The molecule has 0 aromatic heterocycles. The number of methoxy groups -OCH3 is 1. The Morgan fingerprint density at radius 3 is 2.75 bits per heavy atom. The molecule has 0 spiro atoms. The summed E-state index contributed by atoms with van der Waals surface area (Å²) in [5, 5.41) is 2.76. The van der Waals surface area contributed by atoms with Crippen molar-refractivity contribution < 1.29 is 19.1 Å². The highest BCUT2D eigenvalue weighted by Crippen LogP contribution is 2.45. The molecule has 0 unspecified atom stereocenters. The van der Waals surface area contributed by atoms with Gasteiger partial charge in [-0.2, -0.15) is 0 Å². The fourth-order valence-electron chi connectivity index (χ4n) is 7.32. The summed E-state index contributed by atoms with van der Waals surface area (Å²) < 4.78 is 5.18. The first-order valence-corrected chi connectivity index (χ1v) is 13.5. The first kappa shape index (κ1) is 23.5. The monoisotopic (exact) mass is 492 g/mol. The molecule has 192 valence electrons. The van der Waals surface area contributed by atoms with Crippen molar-refractivity contribution in [1.82, 2.24) is 20.0 Å². The van der Waals surface area contributed by atoms with Gasteiger partial charge in [0.1, 0.15) is 11.8 Å². The van der Waals surface area contributed by atoms with Crippen LogP contribution >= 0.6 is 0 Å². The summed E-state index contributed by atoms with van der Waals surface area (Å²) in [6.45, 7) is 3.16. The van der Waals surface area contributed by atoms with Gasteiger partial charge in [-0.1, -0.05) is 30.2 Å². The van der Waals surface area contributed by atoms with E-state index in [1.807, 2.05) is 29.2 Å². The molecule has 8 heteroatoms. The predicted molar refractivity (Wildman–Crippen MR) is 134 cm³/mol. The fourth-order valence-corrected chi connectivity index (χ4v) is 7.32. The van der Waals surface area contributed by atoms with Crippen LogP contribution in [0.4, 0.5) is 4.79 Å². The van der Waals surface area contributed by atoms with Crippen LogP contribution in [0.15, 0.2) is 35.9 Å². The average Bonchev–Trinajstić information content (AvgIpc) is 3.16. The van der Waals surface area contributed by atoms with Gasteiger partial charge in [0, 0.05) is 19.1 Å². The van der Waals surface area contributed by atoms with Gasteiger partial charge >= 0.3 is 6.03 Å². The third-order valence-electron chi connectivity index (χ3n) is 8.96. The van der Waals surface area contributed by atoms with Crippen LogP contribution in [0, 0.1) is 11.8 Å². The summed E-state index contributed by atoms with van der Waals surface area (Å²) in [5.41, 5.74) is 2.27. The third kappa shape index (κ3) is 4.19. The van der Waals surface area contributed by atoms with E-state index >= 15 is 0 Å². The topological polar surface area (TPSA) is 82.2 Å². The van der Waals surface area contributed by atoms with Crippen molar-refractivity contribution >= 4 is 17.8 Å². The molecule has 6 rings (SSSR count). The molecule has 36 heavy (non-hydrogen) atoms. The molecule has 4 heterocycles. The lowest BCUT2D eigenvalue weighted by atomic mass is 9.68. The van der Waals surface area contributed by atoms with Crippen molar-refractivity contribution in [3.8, 4) is 5.75 Å². The van der Waals surface area contributed by atoms with E-state index in [9.17, 15) is 14.4 Å². The number of carbonyl (C=O) groups is 3. The molecule has 4 amide bonds. The van der Waals surface area contributed by atoms with Gasteiger partial charge < -0.3 is 15.0 Å². The van der Waals surface area contributed by atoms with E-state index in [1.54, 1.807) is 7.11 Å². The molecule has 1 aromatic carbocycles. The number of amides is 4. The van der Waals surface area contributed by atoms with Crippen molar-refractivity contribution in [2.45, 2.75) is 69.6 Å². The molecule has 1 aromatic rings. The maximum atomic E-state index is 13.6. The molecule has 4 saturated heterocycles. The normalized spacial score (nSPS) is 31.9. The van der Waals surface area contributed by atoms with E-state index in [1.165, 1.54) is 36.3 Å². The summed E-state index contributed by atoms with van der Waals surface area (Å²) in [4.78, 5) is 45.2. The first-order chi connectivity index (χ1) is 17.5. The Labute approximate surface area is 212 Å². The molecular weight excluding hydrogens is 456 g/mol. The number of nitrogens with one attached hydrogen (secondary N) is 1. The van der Waals surface area contributed by atoms with Gasteiger partial charge in [0.15, 0.2) is 0 Å². The summed E-state index contributed by atoms with van der Waals surface area (Å²) in [6, 6.07) is 6.89. The van der Waals surface area contributed by atoms with Gasteiger partial charge in [0.2, 0.25) is 5.91 Å². The SMILES string of the molecule is COc1ccc(CN2C(=O)N[C@H](CC(=O)N3CCCC4=C[C@H]5C[C@@H](CN6CCCC[C@@H]56)[C@@H]43)C2=O)cc1. The van der Waals surface area contributed by atoms with Crippen molar-refractivity contribution in [3.05, 3.63) is 41.5 Å². The zero-order chi connectivity index (χ0) is 24.8. The van der Waals surface area contributed by atoms with Crippen LogP contribution in [-0.2, 0) is 16.1 Å². The number of hydrogen-bond acceptors (Lipinski definition) is 5. The largest absolute Gasteiger partial charge is 0.497 e. The van der Waals surface area contributed by atoms with Crippen LogP contribution in [0.25, 0.3) is 0 Å². The van der Waals surface area contributed by atoms with Crippen LogP contribution in [0.3, 0.4) is 0 Å². The van der Waals surface area contributed by atoms with E-state index in [4.69, 9.17) is 4.74 Å². The number of hydrogen-bond donors (Lipinski definition) is 1. The summed E-state index contributed by atoms with van der Waals surface area (Å²) >= 11 is 0. The second-order valence-corrected chi connectivity index (χ2v) is 11.1. The molecule has 0 saturated carbocycles. The number of carbonyl (C=O) groups excluding carboxylic acids is 3. The van der Waals surface area contributed by atoms with Gasteiger partial charge in [-0.3, -0.25) is 19.4 Å². The second kappa shape index (κ2) is 9.54.